The molecule has 2 rings (SSSR count). The fourth-order valence-corrected chi connectivity index (χ4v) is 3.41. The summed E-state index contributed by atoms with van der Waals surface area (Å²) in [5.41, 5.74) is 0.568. The number of benzene rings is 1. The van der Waals surface area contributed by atoms with Crippen LogP contribution in [0, 0.1) is 0 Å². The van der Waals surface area contributed by atoms with Crippen molar-refractivity contribution in [1.82, 2.24) is 20.9 Å². The van der Waals surface area contributed by atoms with Crippen LogP contribution in [0.5, 0.6) is 0 Å². The van der Waals surface area contributed by atoms with Crippen LogP contribution in [0.3, 0.4) is 0 Å². The van der Waals surface area contributed by atoms with Crippen LogP contribution in [-0.2, 0) is 9.47 Å². The van der Waals surface area contributed by atoms with Crippen LogP contribution in [0.2, 0.25) is 5.02 Å². The summed E-state index contributed by atoms with van der Waals surface area (Å²) in [6.07, 6.45) is -0.432. The van der Waals surface area contributed by atoms with Gasteiger partial charge in [0, 0.05) is 44.8 Å². The zero-order chi connectivity index (χ0) is 22.0. The van der Waals surface area contributed by atoms with Crippen LogP contribution in [0.4, 0.5) is 4.79 Å². The third-order valence-corrected chi connectivity index (χ3v) is 4.87. The molecular formula is C21H35ClIN5O3. The van der Waals surface area contributed by atoms with E-state index in [4.69, 9.17) is 21.1 Å². The quantitative estimate of drug-likeness (QED) is 0.203. The van der Waals surface area contributed by atoms with Gasteiger partial charge in [-0.2, -0.15) is 0 Å². The number of alkyl carbamates (subject to hydrolysis) is 1. The van der Waals surface area contributed by atoms with E-state index >= 15 is 0 Å². The van der Waals surface area contributed by atoms with Crippen molar-refractivity contribution in [2.45, 2.75) is 32.4 Å². The van der Waals surface area contributed by atoms with Gasteiger partial charge in [0.25, 0.3) is 0 Å². The van der Waals surface area contributed by atoms with E-state index in [1.165, 1.54) is 0 Å². The molecule has 10 heteroatoms. The van der Waals surface area contributed by atoms with Crippen LogP contribution in [0.25, 0.3) is 0 Å². The topological polar surface area (TPSA) is 87.2 Å². The van der Waals surface area contributed by atoms with Gasteiger partial charge in [-0.3, -0.25) is 9.89 Å². The summed E-state index contributed by atoms with van der Waals surface area (Å²) in [7, 11) is 1.72. The zero-order valence-corrected chi connectivity index (χ0v) is 21.8. The SMILES string of the molecule is CN=C(NCCNC(=O)OC(C)(C)C)NCC(c1ccccc1Cl)N1CCOCC1.I. The largest absolute Gasteiger partial charge is 0.444 e. The molecule has 1 aromatic rings. The van der Waals surface area contributed by atoms with E-state index in [9.17, 15) is 4.79 Å². The average Bonchev–Trinajstić information content (AvgIpc) is 2.70. The van der Waals surface area contributed by atoms with E-state index < -0.39 is 11.7 Å². The van der Waals surface area contributed by atoms with E-state index in [1.54, 1.807) is 7.05 Å². The third kappa shape index (κ3) is 10.2. The Bertz CT molecular complexity index is 709. The van der Waals surface area contributed by atoms with Gasteiger partial charge in [0.1, 0.15) is 5.60 Å². The molecule has 0 aromatic heterocycles. The first kappa shape index (κ1) is 27.7. The molecule has 1 aromatic carbocycles. The monoisotopic (exact) mass is 567 g/mol. The number of carbonyl (C=O) groups excluding carboxylic acids is 1. The highest BCUT2D eigenvalue weighted by molar-refractivity contribution is 14.0. The average molecular weight is 568 g/mol. The summed E-state index contributed by atoms with van der Waals surface area (Å²) in [4.78, 5) is 18.4. The van der Waals surface area contributed by atoms with Crippen molar-refractivity contribution >= 4 is 47.6 Å². The van der Waals surface area contributed by atoms with Gasteiger partial charge in [0.2, 0.25) is 0 Å². The lowest BCUT2D eigenvalue weighted by atomic mass is 10.0. The number of nitrogens with zero attached hydrogens (tertiary/aromatic N) is 2. The maximum Gasteiger partial charge on any atom is 0.407 e. The Labute approximate surface area is 207 Å². The lowest BCUT2D eigenvalue weighted by molar-refractivity contribution is 0.0170. The van der Waals surface area contributed by atoms with Crippen molar-refractivity contribution in [2.75, 3.05) is 53.0 Å². The fourth-order valence-electron chi connectivity index (χ4n) is 3.14. The first-order chi connectivity index (χ1) is 14.3. The predicted octanol–water partition coefficient (Wildman–Crippen LogP) is 3.02. The first-order valence-corrected chi connectivity index (χ1v) is 10.7. The van der Waals surface area contributed by atoms with E-state index in [0.29, 0.717) is 38.8 Å². The smallest absolute Gasteiger partial charge is 0.407 e. The van der Waals surface area contributed by atoms with Crippen LogP contribution in [0.1, 0.15) is 32.4 Å². The number of carbonyl (C=O) groups is 1. The van der Waals surface area contributed by atoms with Crippen molar-refractivity contribution in [2.24, 2.45) is 4.99 Å². The van der Waals surface area contributed by atoms with E-state index in [2.05, 4.69) is 31.9 Å². The molecule has 1 aliphatic heterocycles. The third-order valence-electron chi connectivity index (χ3n) is 4.52. The van der Waals surface area contributed by atoms with Crippen LogP contribution in [0.15, 0.2) is 29.3 Å². The first-order valence-electron chi connectivity index (χ1n) is 10.3. The molecule has 0 bridgehead atoms. The number of amides is 1. The second kappa shape index (κ2) is 14.0. The molecule has 1 fully saturated rings. The maximum absolute atomic E-state index is 11.7. The Morgan fingerprint density at radius 2 is 1.84 bits per heavy atom. The lowest BCUT2D eigenvalue weighted by Crippen LogP contribution is -2.47. The number of ether oxygens (including phenoxy) is 2. The standard InChI is InChI=1S/C21H34ClN5O3.HI/c1-21(2,3)30-20(28)25-10-9-24-19(23-4)26-15-18(27-11-13-29-14-12-27)16-7-5-6-8-17(16)22;/h5-8,18H,9-15H2,1-4H3,(H,25,28)(H2,23,24,26);1H. The highest BCUT2D eigenvalue weighted by Crippen LogP contribution is 2.27. The summed E-state index contributed by atoms with van der Waals surface area (Å²) < 4.78 is 10.7. The molecule has 1 saturated heterocycles. The molecule has 31 heavy (non-hydrogen) atoms. The van der Waals surface area contributed by atoms with Gasteiger partial charge in [-0.05, 0) is 32.4 Å². The zero-order valence-electron chi connectivity index (χ0n) is 18.7. The predicted molar refractivity (Wildman–Crippen MR) is 136 cm³/mol. The Morgan fingerprint density at radius 3 is 2.45 bits per heavy atom. The Kier molecular flexibility index (Phi) is 12.5. The molecule has 1 amide bonds. The van der Waals surface area contributed by atoms with Crippen LogP contribution in [-0.4, -0.2) is 75.5 Å². The molecule has 1 aliphatic rings. The minimum atomic E-state index is -0.512. The van der Waals surface area contributed by atoms with Crippen molar-refractivity contribution in [1.29, 1.82) is 0 Å². The molecule has 0 radical (unpaired) electrons. The molecule has 0 saturated carbocycles. The molecule has 0 spiro atoms. The maximum atomic E-state index is 11.7. The van der Waals surface area contributed by atoms with E-state index in [0.717, 1.165) is 23.7 Å². The summed E-state index contributed by atoms with van der Waals surface area (Å²) in [5.74, 6) is 0.659. The minimum absolute atomic E-state index is 0. The summed E-state index contributed by atoms with van der Waals surface area (Å²) >= 11 is 6.48. The van der Waals surface area contributed by atoms with E-state index in [1.807, 2.05) is 39.0 Å². The van der Waals surface area contributed by atoms with Gasteiger partial charge in [-0.1, -0.05) is 29.8 Å². The Morgan fingerprint density at radius 1 is 1.19 bits per heavy atom. The molecule has 3 N–H and O–H groups in total. The number of halogens is 2. The van der Waals surface area contributed by atoms with Gasteiger partial charge in [-0.25, -0.2) is 4.79 Å². The number of aliphatic imine (C=N–C) groups is 1. The molecule has 1 unspecified atom stereocenters. The normalized spacial score (nSPS) is 16.1. The molecule has 1 atom stereocenters. The number of guanidine groups is 1. The van der Waals surface area contributed by atoms with Gasteiger partial charge >= 0.3 is 6.09 Å². The minimum Gasteiger partial charge on any atom is -0.444 e. The second-order valence-electron chi connectivity index (χ2n) is 7.99. The number of nitrogens with one attached hydrogen (secondary N) is 3. The second-order valence-corrected chi connectivity index (χ2v) is 8.40. The molecule has 8 nitrogen and oxygen atoms in total. The number of hydrogen-bond acceptors (Lipinski definition) is 5. The fraction of sp³-hybridized carbons (Fsp3) is 0.619. The molecule has 1 heterocycles. The van der Waals surface area contributed by atoms with E-state index in [-0.39, 0.29) is 30.0 Å². The Hall–Kier alpha value is -1.30. The number of hydrogen-bond donors (Lipinski definition) is 3. The molecule has 176 valence electrons. The molecule has 0 aliphatic carbocycles. The lowest BCUT2D eigenvalue weighted by Gasteiger charge is -2.35. The highest BCUT2D eigenvalue weighted by atomic mass is 127. The van der Waals surface area contributed by atoms with Crippen molar-refractivity contribution in [3.63, 3.8) is 0 Å². The van der Waals surface area contributed by atoms with Crippen molar-refractivity contribution in [3.05, 3.63) is 34.9 Å². The van der Waals surface area contributed by atoms with Gasteiger partial charge < -0.3 is 25.4 Å². The van der Waals surface area contributed by atoms with Crippen molar-refractivity contribution < 1.29 is 14.3 Å². The number of morpholine rings is 1. The Balaban J connectivity index is 0.00000480. The highest BCUT2D eigenvalue weighted by Gasteiger charge is 2.24. The van der Waals surface area contributed by atoms with Gasteiger partial charge in [-0.15, -0.1) is 24.0 Å². The summed E-state index contributed by atoms with van der Waals surface area (Å²) in [6, 6.07) is 8.02. The van der Waals surface area contributed by atoms with Crippen LogP contribution >= 0.6 is 35.6 Å². The van der Waals surface area contributed by atoms with Gasteiger partial charge in [0.15, 0.2) is 5.96 Å². The van der Waals surface area contributed by atoms with Crippen LogP contribution < -0.4 is 16.0 Å². The van der Waals surface area contributed by atoms with Crippen molar-refractivity contribution in [3.8, 4) is 0 Å². The summed E-state index contributed by atoms with van der Waals surface area (Å²) in [6.45, 7) is 10.2. The van der Waals surface area contributed by atoms with Gasteiger partial charge in [0.05, 0.1) is 19.3 Å². The number of rotatable bonds is 7. The summed E-state index contributed by atoms with van der Waals surface area (Å²) in [5, 5.41) is 10.0. The molecular weight excluding hydrogens is 533 g/mol.